The van der Waals surface area contributed by atoms with Gasteiger partial charge in [0.2, 0.25) is 0 Å². The minimum absolute atomic E-state index is 0.190. The predicted octanol–water partition coefficient (Wildman–Crippen LogP) is 3.52. The van der Waals surface area contributed by atoms with Gasteiger partial charge in [-0.2, -0.15) is 0 Å². The van der Waals surface area contributed by atoms with Gasteiger partial charge in [0.05, 0.1) is 19.0 Å². The second-order valence-electron chi connectivity index (χ2n) is 6.50. The van der Waals surface area contributed by atoms with Crippen molar-refractivity contribution in [2.45, 2.75) is 25.5 Å². The maximum Gasteiger partial charge on any atom is 0.268 e. The molecule has 0 saturated carbocycles. The topological polar surface area (TPSA) is 90.4 Å². The third-order valence-corrected chi connectivity index (χ3v) is 4.48. The van der Waals surface area contributed by atoms with Crippen LogP contribution in [0.4, 0.5) is 0 Å². The maximum atomic E-state index is 11.0. The molecule has 0 saturated heterocycles. The smallest absolute Gasteiger partial charge is 0.268 e. The van der Waals surface area contributed by atoms with Crippen LogP contribution in [-0.4, -0.2) is 33.3 Å². The van der Waals surface area contributed by atoms with E-state index in [4.69, 9.17) is 22.1 Å². The number of imidazole rings is 1. The second-order valence-corrected chi connectivity index (χ2v) is 6.94. The van der Waals surface area contributed by atoms with Crippen LogP contribution in [0.1, 0.15) is 23.3 Å². The highest BCUT2D eigenvalue weighted by molar-refractivity contribution is 6.30. The van der Waals surface area contributed by atoms with Crippen LogP contribution in [0.5, 0.6) is 5.75 Å². The molecular formula is C21H22ClN3O3. The number of carbonyl (C=O) groups excluding carboxylic acids is 1. The van der Waals surface area contributed by atoms with E-state index in [1.807, 2.05) is 48.5 Å². The second kappa shape index (κ2) is 9.39. The van der Waals surface area contributed by atoms with Gasteiger partial charge in [0, 0.05) is 17.8 Å². The number of rotatable bonds is 9. The lowest BCUT2D eigenvalue weighted by atomic mass is 10.1. The highest BCUT2D eigenvalue weighted by Crippen LogP contribution is 2.26. The number of primary amides is 1. The molecule has 3 aromatic rings. The molecule has 0 radical (unpaired) electrons. The number of ether oxygens (including phenoxy) is 1. The quantitative estimate of drug-likeness (QED) is 0.538. The number of carbonyl (C=O) groups is 1. The van der Waals surface area contributed by atoms with Crippen molar-refractivity contribution in [3.05, 3.63) is 71.8 Å². The van der Waals surface area contributed by atoms with Crippen molar-refractivity contribution in [2.24, 2.45) is 5.73 Å². The van der Waals surface area contributed by atoms with Crippen LogP contribution >= 0.6 is 11.6 Å². The summed E-state index contributed by atoms with van der Waals surface area (Å²) in [4.78, 5) is 14.9. The van der Waals surface area contributed by atoms with Crippen LogP contribution in [0, 0.1) is 0 Å². The largest absolute Gasteiger partial charge is 0.494 e. The highest BCUT2D eigenvalue weighted by Gasteiger charge is 2.09. The minimum Gasteiger partial charge on any atom is -0.494 e. The summed E-state index contributed by atoms with van der Waals surface area (Å²) in [6.45, 7) is 0.844. The highest BCUT2D eigenvalue weighted by atomic mass is 35.5. The van der Waals surface area contributed by atoms with E-state index in [9.17, 15) is 9.90 Å². The molecule has 1 atom stereocenters. The molecule has 6 nitrogen and oxygen atoms in total. The third kappa shape index (κ3) is 5.58. The summed E-state index contributed by atoms with van der Waals surface area (Å²) in [5, 5.41) is 10.8. The molecule has 0 aliphatic rings. The first-order valence-corrected chi connectivity index (χ1v) is 9.37. The van der Waals surface area contributed by atoms with E-state index in [1.165, 1.54) is 12.5 Å². The molecular weight excluding hydrogens is 378 g/mol. The van der Waals surface area contributed by atoms with Gasteiger partial charge in [0.1, 0.15) is 11.4 Å². The van der Waals surface area contributed by atoms with Gasteiger partial charge in [-0.05, 0) is 48.2 Å². The molecule has 1 heterocycles. The van der Waals surface area contributed by atoms with Crippen molar-refractivity contribution in [2.75, 3.05) is 6.61 Å². The number of nitrogens with two attached hydrogens (primary N) is 1. The summed E-state index contributed by atoms with van der Waals surface area (Å²) in [6, 6.07) is 15.5. The average Bonchev–Trinajstić information content (AvgIpc) is 3.14. The molecule has 3 N–H and O–H groups in total. The summed E-state index contributed by atoms with van der Waals surface area (Å²) in [5.74, 6) is 0.189. The molecule has 0 unspecified atom stereocenters. The zero-order chi connectivity index (χ0) is 19.9. The van der Waals surface area contributed by atoms with Crippen LogP contribution in [0.25, 0.3) is 11.1 Å². The first-order valence-electron chi connectivity index (χ1n) is 9.00. The number of hydrogen-bond acceptors (Lipinski definition) is 4. The Balaban J connectivity index is 1.46. The molecule has 1 amide bonds. The molecule has 3 rings (SSSR count). The van der Waals surface area contributed by atoms with E-state index >= 15 is 0 Å². The van der Waals surface area contributed by atoms with Crippen molar-refractivity contribution in [1.29, 1.82) is 0 Å². The van der Waals surface area contributed by atoms with Gasteiger partial charge in [-0.3, -0.25) is 4.79 Å². The molecule has 7 heteroatoms. The fourth-order valence-electron chi connectivity index (χ4n) is 2.86. The van der Waals surface area contributed by atoms with Gasteiger partial charge in [-0.1, -0.05) is 35.9 Å². The number of aliphatic hydroxyl groups excluding tert-OH is 1. The Labute approximate surface area is 168 Å². The van der Waals surface area contributed by atoms with Crippen molar-refractivity contribution >= 4 is 17.5 Å². The summed E-state index contributed by atoms with van der Waals surface area (Å²) in [5.41, 5.74) is 7.42. The molecule has 0 bridgehead atoms. The number of benzene rings is 2. The Hall–Kier alpha value is -2.83. The van der Waals surface area contributed by atoms with Crippen LogP contribution in [0.15, 0.2) is 61.1 Å². The normalized spacial score (nSPS) is 11.9. The fraction of sp³-hybridized carbons (Fsp3) is 0.238. The summed E-state index contributed by atoms with van der Waals surface area (Å²) < 4.78 is 7.46. The first-order chi connectivity index (χ1) is 13.5. The Morgan fingerprint density at radius 1 is 1.21 bits per heavy atom. The first kappa shape index (κ1) is 19.9. The Bertz CT molecular complexity index is 942. The predicted molar refractivity (Wildman–Crippen MR) is 108 cm³/mol. The third-order valence-electron chi connectivity index (χ3n) is 4.25. The maximum absolute atomic E-state index is 11.0. The van der Waals surface area contributed by atoms with Crippen LogP contribution in [0.3, 0.4) is 0 Å². The lowest BCUT2D eigenvalue weighted by Gasteiger charge is -2.12. The van der Waals surface area contributed by atoms with Crippen molar-refractivity contribution in [3.8, 4) is 16.9 Å². The molecule has 146 valence electrons. The lowest BCUT2D eigenvalue weighted by molar-refractivity contribution is 0.0995. The van der Waals surface area contributed by atoms with Crippen LogP contribution < -0.4 is 10.5 Å². The minimum atomic E-state index is -0.582. The summed E-state index contributed by atoms with van der Waals surface area (Å²) >= 11 is 6.06. The number of amides is 1. The summed E-state index contributed by atoms with van der Waals surface area (Å²) in [7, 11) is 0. The molecule has 0 aliphatic carbocycles. The Morgan fingerprint density at radius 2 is 1.96 bits per heavy atom. The number of aliphatic hydroxyl groups is 1. The monoisotopic (exact) mass is 399 g/mol. The van der Waals surface area contributed by atoms with E-state index in [-0.39, 0.29) is 5.69 Å². The Kier molecular flexibility index (Phi) is 6.68. The zero-order valence-corrected chi connectivity index (χ0v) is 16.0. The van der Waals surface area contributed by atoms with E-state index in [1.54, 1.807) is 4.57 Å². The van der Waals surface area contributed by atoms with Gasteiger partial charge < -0.3 is 20.1 Å². The van der Waals surface area contributed by atoms with E-state index < -0.39 is 12.0 Å². The molecule has 2 aromatic carbocycles. The fourth-order valence-corrected chi connectivity index (χ4v) is 3.05. The Morgan fingerprint density at radius 3 is 2.68 bits per heavy atom. The molecule has 0 fully saturated rings. The lowest BCUT2D eigenvalue weighted by Crippen LogP contribution is -2.16. The van der Waals surface area contributed by atoms with Crippen LogP contribution in [-0.2, 0) is 6.54 Å². The van der Waals surface area contributed by atoms with Gasteiger partial charge in [-0.15, -0.1) is 0 Å². The van der Waals surface area contributed by atoms with Crippen molar-refractivity contribution < 1.29 is 14.6 Å². The number of nitrogens with zero attached hydrogens (tertiary/aromatic N) is 2. The standard InChI is InChI=1S/C21H22ClN3O3/c22-17-6-1-4-15(10-17)16-5-2-8-19(11-16)28-9-3-7-18(26)12-25-13-20(21(23)27)24-14-25/h1-2,4-6,8,10-11,13-14,18,26H,3,7,9,12H2,(H2,23,27)/t18-/m0/s1. The number of hydrogen-bond donors (Lipinski definition) is 2. The number of aromatic nitrogens is 2. The van der Waals surface area contributed by atoms with Crippen LogP contribution in [0.2, 0.25) is 5.02 Å². The average molecular weight is 400 g/mol. The molecule has 0 aliphatic heterocycles. The van der Waals surface area contributed by atoms with E-state index in [2.05, 4.69) is 4.98 Å². The zero-order valence-electron chi connectivity index (χ0n) is 15.3. The van der Waals surface area contributed by atoms with Gasteiger partial charge in [0.15, 0.2) is 0 Å². The SMILES string of the molecule is NC(=O)c1cn(C[C@@H](O)CCCOc2cccc(-c3cccc(Cl)c3)c2)cn1. The number of halogens is 1. The van der Waals surface area contributed by atoms with E-state index in [0.717, 1.165) is 16.9 Å². The van der Waals surface area contributed by atoms with Crippen molar-refractivity contribution in [3.63, 3.8) is 0 Å². The van der Waals surface area contributed by atoms with E-state index in [0.29, 0.717) is 31.0 Å². The van der Waals surface area contributed by atoms with Crippen molar-refractivity contribution in [1.82, 2.24) is 9.55 Å². The van der Waals surface area contributed by atoms with Gasteiger partial charge >= 0.3 is 0 Å². The van der Waals surface area contributed by atoms with Gasteiger partial charge in [0.25, 0.3) is 5.91 Å². The molecule has 28 heavy (non-hydrogen) atoms. The molecule has 1 aromatic heterocycles. The van der Waals surface area contributed by atoms with Gasteiger partial charge in [-0.25, -0.2) is 4.98 Å². The summed E-state index contributed by atoms with van der Waals surface area (Å²) in [6.07, 6.45) is 3.72. The molecule has 0 spiro atoms.